The molecule has 3 aromatic heterocycles. The van der Waals surface area contributed by atoms with E-state index in [0.29, 0.717) is 34.4 Å². The minimum Gasteiger partial charge on any atom is -0.462 e. The first-order valence-electron chi connectivity index (χ1n) is 11.6. The first kappa shape index (κ1) is 20.5. The number of nitrogens with zero attached hydrogens (tertiary/aromatic N) is 5. The molecule has 0 amide bonds. The molecule has 34 heavy (non-hydrogen) atoms. The van der Waals surface area contributed by atoms with Gasteiger partial charge in [0.1, 0.15) is 17.2 Å². The Balaban J connectivity index is 1.64. The van der Waals surface area contributed by atoms with Crippen LogP contribution in [-0.2, 0) is 4.74 Å². The topological polar surface area (TPSA) is 91.9 Å². The summed E-state index contributed by atoms with van der Waals surface area (Å²) in [5.74, 6) is -0.375. The monoisotopic (exact) mass is 453 g/mol. The Morgan fingerprint density at radius 2 is 1.71 bits per heavy atom. The normalized spacial score (nSPS) is 14.4. The second-order valence-electron chi connectivity index (χ2n) is 8.58. The van der Waals surface area contributed by atoms with E-state index < -0.39 is 0 Å². The van der Waals surface area contributed by atoms with Gasteiger partial charge in [0, 0.05) is 11.7 Å². The highest BCUT2D eigenvalue weighted by Gasteiger charge is 2.24. The van der Waals surface area contributed by atoms with Gasteiger partial charge < -0.3 is 4.74 Å². The van der Waals surface area contributed by atoms with Crippen LogP contribution in [0.15, 0.2) is 59.7 Å². The molecule has 8 nitrogen and oxygen atoms in total. The van der Waals surface area contributed by atoms with Crippen molar-refractivity contribution in [3.8, 4) is 5.69 Å². The van der Waals surface area contributed by atoms with Gasteiger partial charge in [-0.05, 0) is 56.2 Å². The van der Waals surface area contributed by atoms with Crippen molar-refractivity contribution in [2.45, 2.75) is 38.6 Å². The first-order chi connectivity index (χ1) is 16.7. The number of fused-ring (bicyclic) bond motifs is 4. The largest absolute Gasteiger partial charge is 0.462 e. The number of esters is 1. The molecule has 1 aliphatic rings. The van der Waals surface area contributed by atoms with Crippen molar-refractivity contribution in [1.29, 1.82) is 0 Å². The molecule has 0 saturated heterocycles. The molecule has 170 valence electrons. The fraction of sp³-hybridized carbons (Fsp3) is 0.269. The second kappa shape index (κ2) is 8.06. The molecule has 0 N–H and O–H groups in total. The van der Waals surface area contributed by atoms with Crippen molar-refractivity contribution in [2.24, 2.45) is 0 Å². The third-order valence-corrected chi connectivity index (χ3v) is 6.54. The summed E-state index contributed by atoms with van der Waals surface area (Å²) < 4.78 is 8.71. The predicted octanol–water partition coefficient (Wildman–Crippen LogP) is 4.58. The Morgan fingerprint density at radius 3 is 2.41 bits per heavy atom. The number of hydrogen-bond acceptors (Lipinski definition) is 6. The standard InChI is InChI=1S/C26H23N5O3/c1-2-34-26(33)16-11-13-18(14-12-16)31-23-21(25(32)30(15-27-23)17-7-3-4-8-17)22-24(31)29-20-10-6-5-9-19(20)28-22/h5-6,9-15,17H,2-4,7-8H2,1H3. The summed E-state index contributed by atoms with van der Waals surface area (Å²) >= 11 is 0. The van der Waals surface area contributed by atoms with Gasteiger partial charge in [-0.1, -0.05) is 25.0 Å². The molecule has 2 aromatic carbocycles. The van der Waals surface area contributed by atoms with E-state index in [1.807, 2.05) is 41.0 Å². The van der Waals surface area contributed by atoms with Crippen LogP contribution in [-0.4, -0.2) is 36.7 Å². The molecule has 1 fully saturated rings. The minimum absolute atomic E-state index is 0.0895. The van der Waals surface area contributed by atoms with E-state index in [1.54, 1.807) is 30.0 Å². The molecule has 5 aromatic rings. The van der Waals surface area contributed by atoms with E-state index in [4.69, 9.17) is 19.7 Å². The molecule has 0 aliphatic heterocycles. The summed E-state index contributed by atoms with van der Waals surface area (Å²) in [6.07, 6.45) is 5.86. The number of carbonyl (C=O) groups excluding carboxylic acids is 1. The summed E-state index contributed by atoms with van der Waals surface area (Å²) in [4.78, 5) is 40.3. The zero-order valence-electron chi connectivity index (χ0n) is 18.8. The summed E-state index contributed by atoms with van der Waals surface area (Å²) in [5.41, 5.74) is 4.17. The van der Waals surface area contributed by atoms with E-state index >= 15 is 0 Å². The molecule has 0 radical (unpaired) electrons. The number of aromatic nitrogens is 5. The van der Waals surface area contributed by atoms with Crippen LogP contribution in [0.4, 0.5) is 0 Å². The van der Waals surface area contributed by atoms with Crippen LogP contribution in [0, 0.1) is 0 Å². The zero-order valence-corrected chi connectivity index (χ0v) is 18.8. The van der Waals surface area contributed by atoms with Crippen LogP contribution in [0.2, 0.25) is 0 Å². The van der Waals surface area contributed by atoms with Gasteiger partial charge in [0.05, 0.1) is 23.2 Å². The number of ether oxygens (including phenoxy) is 1. The number of benzene rings is 2. The summed E-state index contributed by atoms with van der Waals surface area (Å²) in [6.45, 7) is 2.09. The molecule has 1 aliphatic carbocycles. The molecule has 0 bridgehead atoms. The van der Waals surface area contributed by atoms with E-state index in [1.165, 1.54) is 0 Å². The third-order valence-electron chi connectivity index (χ3n) is 6.54. The van der Waals surface area contributed by atoms with Crippen LogP contribution in [0.5, 0.6) is 0 Å². The maximum absolute atomic E-state index is 13.7. The van der Waals surface area contributed by atoms with Crippen molar-refractivity contribution >= 4 is 39.2 Å². The first-order valence-corrected chi connectivity index (χ1v) is 11.6. The van der Waals surface area contributed by atoms with E-state index in [0.717, 1.165) is 42.4 Å². The maximum Gasteiger partial charge on any atom is 0.338 e. The van der Waals surface area contributed by atoms with Gasteiger partial charge in [0.15, 0.2) is 11.3 Å². The molecule has 1 saturated carbocycles. The van der Waals surface area contributed by atoms with Gasteiger partial charge >= 0.3 is 5.97 Å². The number of carbonyl (C=O) groups is 1. The van der Waals surface area contributed by atoms with Gasteiger partial charge in [-0.2, -0.15) is 0 Å². The van der Waals surface area contributed by atoms with Crippen LogP contribution >= 0.6 is 0 Å². The smallest absolute Gasteiger partial charge is 0.338 e. The summed E-state index contributed by atoms with van der Waals surface area (Å²) in [5, 5.41) is 0.470. The van der Waals surface area contributed by atoms with Crippen molar-refractivity contribution in [3.05, 3.63) is 70.8 Å². The minimum atomic E-state index is -0.375. The van der Waals surface area contributed by atoms with E-state index in [9.17, 15) is 9.59 Å². The van der Waals surface area contributed by atoms with E-state index in [2.05, 4.69) is 0 Å². The molecule has 0 atom stereocenters. The van der Waals surface area contributed by atoms with Crippen molar-refractivity contribution < 1.29 is 9.53 Å². The predicted molar refractivity (Wildman–Crippen MR) is 129 cm³/mol. The number of rotatable bonds is 4. The van der Waals surface area contributed by atoms with Gasteiger partial charge in [-0.15, -0.1) is 0 Å². The quantitative estimate of drug-likeness (QED) is 0.370. The Hall–Kier alpha value is -4.07. The fourth-order valence-corrected chi connectivity index (χ4v) is 4.90. The maximum atomic E-state index is 13.7. The summed E-state index contributed by atoms with van der Waals surface area (Å²) in [7, 11) is 0. The molecular weight excluding hydrogens is 430 g/mol. The highest BCUT2D eigenvalue weighted by molar-refractivity contribution is 6.05. The lowest BCUT2D eigenvalue weighted by molar-refractivity contribution is 0.0526. The van der Waals surface area contributed by atoms with Crippen LogP contribution in [0.25, 0.3) is 38.9 Å². The molecule has 0 unspecified atom stereocenters. The number of hydrogen-bond donors (Lipinski definition) is 0. The van der Waals surface area contributed by atoms with Crippen molar-refractivity contribution in [3.63, 3.8) is 0 Å². The van der Waals surface area contributed by atoms with Gasteiger partial charge in [-0.3, -0.25) is 13.9 Å². The third kappa shape index (κ3) is 3.17. The van der Waals surface area contributed by atoms with E-state index in [-0.39, 0.29) is 17.6 Å². The average Bonchev–Trinajstić information content (AvgIpc) is 3.50. The highest BCUT2D eigenvalue weighted by Crippen LogP contribution is 2.31. The second-order valence-corrected chi connectivity index (χ2v) is 8.58. The SMILES string of the molecule is CCOC(=O)c1ccc(-n2c3nc4ccccc4nc3c3c(=O)n(C4CCCC4)cnc32)cc1. The van der Waals surface area contributed by atoms with Crippen LogP contribution < -0.4 is 5.56 Å². The Labute approximate surface area is 194 Å². The van der Waals surface area contributed by atoms with Gasteiger partial charge in [0.2, 0.25) is 0 Å². The zero-order chi connectivity index (χ0) is 23.2. The van der Waals surface area contributed by atoms with Crippen LogP contribution in [0.1, 0.15) is 49.0 Å². The van der Waals surface area contributed by atoms with Crippen molar-refractivity contribution in [1.82, 2.24) is 24.1 Å². The number of para-hydroxylation sites is 2. The fourth-order valence-electron chi connectivity index (χ4n) is 4.90. The molecule has 8 heteroatoms. The lowest BCUT2D eigenvalue weighted by Gasteiger charge is -2.13. The van der Waals surface area contributed by atoms with Gasteiger partial charge in [-0.25, -0.2) is 19.7 Å². The Bertz CT molecular complexity index is 1610. The lowest BCUT2D eigenvalue weighted by Crippen LogP contribution is -2.23. The molecule has 3 heterocycles. The molecule has 0 spiro atoms. The molecular formula is C26H23N5O3. The Kier molecular flexibility index (Phi) is 4.86. The van der Waals surface area contributed by atoms with Crippen LogP contribution in [0.3, 0.4) is 0 Å². The highest BCUT2D eigenvalue weighted by atomic mass is 16.5. The average molecular weight is 454 g/mol. The van der Waals surface area contributed by atoms with Gasteiger partial charge in [0.25, 0.3) is 5.56 Å². The molecule has 6 rings (SSSR count). The van der Waals surface area contributed by atoms with Crippen molar-refractivity contribution in [2.75, 3.05) is 6.61 Å². The summed E-state index contributed by atoms with van der Waals surface area (Å²) in [6, 6.07) is 14.8. The lowest BCUT2D eigenvalue weighted by atomic mass is 10.2. The Morgan fingerprint density at radius 1 is 1.00 bits per heavy atom.